The van der Waals surface area contributed by atoms with Gasteiger partial charge in [-0.25, -0.2) is 18.9 Å². The Labute approximate surface area is 272 Å². The fourth-order valence-electron chi connectivity index (χ4n) is 5.81. The van der Waals surface area contributed by atoms with Gasteiger partial charge in [0.15, 0.2) is 11.0 Å². The molecule has 47 heavy (non-hydrogen) atoms. The van der Waals surface area contributed by atoms with Crippen LogP contribution in [0.1, 0.15) is 56.1 Å². The summed E-state index contributed by atoms with van der Waals surface area (Å²) in [5, 5.41) is 7.71. The minimum atomic E-state index is -4.76. The van der Waals surface area contributed by atoms with Gasteiger partial charge in [-0.05, 0) is 84.7 Å². The molecule has 2 fully saturated rings. The molecule has 3 amide bonds. The minimum absolute atomic E-state index is 0.0385. The summed E-state index contributed by atoms with van der Waals surface area (Å²) in [7, 11) is 0. The second-order valence-electron chi connectivity index (χ2n) is 11.6. The molecule has 0 bridgehead atoms. The number of amidine groups is 1. The minimum Gasteiger partial charge on any atom is -0.406 e. The molecule has 6 rings (SSSR count). The molecular weight excluding hydrogens is 636 g/mol. The molecule has 1 aliphatic heterocycles. The number of nitrogens with one attached hydrogen (secondary N) is 1. The molecule has 1 saturated heterocycles. The fourth-order valence-corrected chi connectivity index (χ4v) is 6.67. The number of carbonyl (C=O) groups is 2. The van der Waals surface area contributed by atoms with Crippen LogP contribution in [0.15, 0.2) is 78.0 Å². The highest BCUT2D eigenvalue weighted by molar-refractivity contribution is 8.15. The number of hydrogen-bond donors (Lipinski definition) is 1. The lowest BCUT2D eigenvalue weighted by Gasteiger charge is -2.21. The Bertz CT molecular complexity index is 1810. The summed E-state index contributed by atoms with van der Waals surface area (Å²) >= 11 is 1.18. The van der Waals surface area contributed by atoms with E-state index < -0.39 is 18.2 Å². The molecule has 1 aliphatic carbocycles. The van der Waals surface area contributed by atoms with Crippen molar-refractivity contribution in [1.29, 1.82) is 0 Å². The summed E-state index contributed by atoms with van der Waals surface area (Å²) in [6, 6.07) is 16.8. The van der Waals surface area contributed by atoms with Crippen LogP contribution >= 0.6 is 11.8 Å². The molecular formula is C33H30F4N6O3S. The number of aromatic nitrogens is 3. The lowest BCUT2D eigenvalue weighted by atomic mass is 9.96. The van der Waals surface area contributed by atoms with Gasteiger partial charge >= 0.3 is 12.4 Å². The molecule has 0 radical (unpaired) electrons. The lowest BCUT2D eigenvalue weighted by molar-refractivity contribution is -0.274. The van der Waals surface area contributed by atoms with Crippen molar-refractivity contribution in [2.75, 3.05) is 10.7 Å². The van der Waals surface area contributed by atoms with Gasteiger partial charge in [-0.2, -0.15) is 4.99 Å². The van der Waals surface area contributed by atoms with Crippen molar-refractivity contribution in [3.63, 3.8) is 0 Å². The van der Waals surface area contributed by atoms with Gasteiger partial charge in [0.1, 0.15) is 17.9 Å². The SMILES string of the molecule is CC(C)c1cc(F)ccc1N1C(=O)CSC1=NC(=O)NC1CCC(c2ccc(-c3ncn(-c4ccc(OC(F)(F)F)cc4)n3)cc2)C1. The van der Waals surface area contributed by atoms with E-state index in [-0.39, 0.29) is 40.5 Å². The molecule has 3 aromatic carbocycles. The fraction of sp³-hybridized carbons (Fsp3) is 0.303. The van der Waals surface area contributed by atoms with E-state index in [1.807, 2.05) is 38.1 Å². The first kappa shape index (κ1) is 32.2. The molecule has 1 saturated carbocycles. The molecule has 14 heteroatoms. The first-order valence-electron chi connectivity index (χ1n) is 15.0. The van der Waals surface area contributed by atoms with Gasteiger partial charge in [0.2, 0.25) is 5.91 Å². The number of alkyl halides is 3. The largest absolute Gasteiger partial charge is 0.573 e. The number of halogens is 4. The van der Waals surface area contributed by atoms with Gasteiger partial charge in [-0.15, -0.1) is 18.3 Å². The Morgan fingerprint density at radius 3 is 2.51 bits per heavy atom. The number of hydrogen-bond acceptors (Lipinski definition) is 6. The summed E-state index contributed by atoms with van der Waals surface area (Å²) in [5.41, 5.74) is 3.61. The van der Waals surface area contributed by atoms with Crippen LogP contribution in [0.3, 0.4) is 0 Å². The maximum atomic E-state index is 13.9. The number of anilines is 1. The highest BCUT2D eigenvalue weighted by Gasteiger charge is 2.34. The van der Waals surface area contributed by atoms with Crippen molar-refractivity contribution in [2.24, 2.45) is 4.99 Å². The Balaban J connectivity index is 1.07. The van der Waals surface area contributed by atoms with Gasteiger partial charge < -0.3 is 10.1 Å². The van der Waals surface area contributed by atoms with Gasteiger partial charge in [-0.1, -0.05) is 49.9 Å². The lowest BCUT2D eigenvalue weighted by Crippen LogP contribution is -2.34. The summed E-state index contributed by atoms with van der Waals surface area (Å²) in [6.07, 6.45) is -0.913. The predicted molar refractivity (Wildman–Crippen MR) is 170 cm³/mol. The number of thioether (sulfide) groups is 1. The molecule has 2 heterocycles. The molecule has 9 nitrogen and oxygen atoms in total. The monoisotopic (exact) mass is 666 g/mol. The summed E-state index contributed by atoms with van der Waals surface area (Å²) in [6.45, 7) is 3.83. The second-order valence-corrected chi connectivity index (χ2v) is 12.5. The van der Waals surface area contributed by atoms with Crippen molar-refractivity contribution in [1.82, 2.24) is 20.1 Å². The molecule has 2 aliphatic rings. The Hall–Kier alpha value is -4.72. The average Bonchev–Trinajstić information content (AvgIpc) is 3.78. The Morgan fingerprint density at radius 1 is 1.06 bits per heavy atom. The zero-order chi connectivity index (χ0) is 33.3. The van der Waals surface area contributed by atoms with Crippen molar-refractivity contribution >= 4 is 34.6 Å². The van der Waals surface area contributed by atoms with Crippen LogP contribution in [0, 0.1) is 5.82 Å². The quantitative estimate of drug-likeness (QED) is 0.204. The van der Waals surface area contributed by atoms with Crippen molar-refractivity contribution < 1.29 is 31.9 Å². The number of rotatable bonds is 7. The van der Waals surface area contributed by atoms with E-state index in [0.29, 0.717) is 22.8 Å². The zero-order valence-electron chi connectivity index (χ0n) is 25.4. The molecule has 244 valence electrons. The molecule has 2 atom stereocenters. The van der Waals surface area contributed by atoms with Gasteiger partial charge in [-0.3, -0.25) is 9.69 Å². The van der Waals surface area contributed by atoms with Gasteiger partial charge in [0.25, 0.3) is 0 Å². The number of benzene rings is 3. The van der Waals surface area contributed by atoms with Crippen LogP contribution in [-0.2, 0) is 4.79 Å². The van der Waals surface area contributed by atoms with E-state index in [0.717, 1.165) is 30.4 Å². The van der Waals surface area contributed by atoms with Gasteiger partial charge in [0.05, 0.1) is 17.1 Å². The third-order valence-electron chi connectivity index (χ3n) is 8.04. The van der Waals surface area contributed by atoms with Crippen LogP contribution in [0.5, 0.6) is 5.75 Å². The number of carbonyl (C=O) groups excluding carboxylic acids is 2. The van der Waals surface area contributed by atoms with E-state index in [1.54, 1.807) is 6.07 Å². The summed E-state index contributed by atoms with van der Waals surface area (Å²) < 4.78 is 56.6. The van der Waals surface area contributed by atoms with Crippen LogP contribution in [0.2, 0.25) is 0 Å². The standard InChI is InChI=1S/C33H30F4N6O3S/c1-19(2)27-16-23(34)8-14-28(27)43-29(44)17-47-32(43)40-31(45)39-24-9-7-22(15-24)20-3-5-21(6-4-20)30-38-18-42(41-30)25-10-12-26(13-11-25)46-33(35,36)37/h3-6,8,10-14,16,18-19,22,24H,7,9,15,17H2,1-2H3,(H,39,45). The Kier molecular flexibility index (Phi) is 9.04. The third-order valence-corrected chi connectivity index (χ3v) is 8.97. The molecule has 0 spiro atoms. The maximum Gasteiger partial charge on any atom is 0.573 e. The number of ether oxygens (including phenoxy) is 1. The second kappa shape index (κ2) is 13.2. The van der Waals surface area contributed by atoms with E-state index in [1.165, 1.54) is 64.1 Å². The van der Waals surface area contributed by atoms with Crippen molar-refractivity contribution in [2.45, 2.75) is 57.3 Å². The highest BCUT2D eigenvalue weighted by atomic mass is 32.2. The van der Waals surface area contributed by atoms with Gasteiger partial charge in [0, 0.05) is 11.6 Å². The third kappa shape index (κ3) is 7.48. The van der Waals surface area contributed by atoms with Crippen LogP contribution in [0.4, 0.5) is 28.0 Å². The predicted octanol–water partition coefficient (Wildman–Crippen LogP) is 7.58. The van der Waals surface area contributed by atoms with E-state index in [9.17, 15) is 27.2 Å². The highest BCUT2D eigenvalue weighted by Crippen LogP contribution is 2.36. The summed E-state index contributed by atoms with van der Waals surface area (Å²) in [4.78, 5) is 35.7. The van der Waals surface area contributed by atoms with E-state index >= 15 is 0 Å². The number of amides is 3. The Morgan fingerprint density at radius 2 is 1.81 bits per heavy atom. The maximum absolute atomic E-state index is 13.9. The smallest absolute Gasteiger partial charge is 0.406 e. The number of urea groups is 1. The average molecular weight is 667 g/mol. The number of aliphatic imine (C=N–C) groups is 1. The van der Waals surface area contributed by atoms with E-state index in [2.05, 4.69) is 25.1 Å². The van der Waals surface area contributed by atoms with Crippen LogP contribution in [0.25, 0.3) is 17.1 Å². The topological polar surface area (TPSA) is 102 Å². The van der Waals surface area contributed by atoms with Crippen LogP contribution < -0.4 is 15.0 Å². The first-order valence-corrected chi connectivity index (χ1v) is 15.9. The molecule has 1 N–H and O–H groups in total. The summed E-state index contributed by atoms with van der Waals surface area (Å²) in [5.74, 6) is -0.142. The molecule has 4 aromatic rings. The van der Waals surface area contributed by atoms with Crippen LogP contribution in [-0.4, -0.2) is 50.0 Å². The normalized spacial score (nSPS) is 19.2. The zero-order valence-corrected chi connectivity index (χ0v) is 26.2. The van der Waals surface area contributed by atoms with E-state index in [4.69, 9.17) is 0 Å². The van der Waals surface area contributed by atoms with Crippen molar-refractivity contribution in [3.05, 3.63) is 90.0 Å². The van der Waals surface area contributed by atoms with Crippen molar-refractivity contribution in [3.8, 4) is 22.8 Å². The molecule has 1 aromatic heterocycles. The number of nitrogens with zero attached hydrogens (tertiary/aromatic N) is 5. The molecule has 2 unspecified atom stereocenters. The first-order chi connectivity index (χ1) is 22.4.